The van der Waals surface area contributed by atoms with Crippen LogP contribution in [0.4, 0.5) is 9.18 Å². The Labute approximate surface area is 254 Å². The first-order chi connectivity index (χ1) is 20.5. The number of aliphatic imine (C=N–C) groups is 1. The van der Waals surface area contributed by atoms with Crippen LogP contribution in [0.2, 0.25) is 0 Å². The zero-order valence-corrected chi connectivity index (χ0v) is 25.4. The molecule has 3 heterocycles. The van der Waals surface area contributed by atoms with Crippen LogP contribution >= 0.6 is 11.3 Å². The van der Waals surface area contributed by atoms with Gasteiger partial charge in [-0.25, -0.2) is 19.0 Å². The van der Waals surface area contributed by atoms with Crippen molar-refractivity contribution in [3.8, 4) is 12.3 Å². The van der Waals surface area contributed by atoms with Crippen LogP contribution in [0.15, 0.2) is 46.0 Å². The molecule has 11 nitrogen and oxygen atoms in total. The number of aliphatic carboxylic acids is 1. The maximum atomic E-state index is 14.8. The lowest BCUT2D eigenvalue weighted by Crippen LogP contribution is -2.54. The second-order valence-corrected chi connectivity index (χ2v) is 11.8. The number of carbonyl (C=O) groups is 3. The molecule has 1 saturated heterocycles. The summed E-state index contributed by atoms with van der Waals surface area (Å²) in [6, 6.07) is 3.26. The van der Waals surface area contributed by atoms with Gasteiger partial charge in [-0.1, -0.05) is 18.1 Å². The number of halogens is 1. The molecule has 1 atom stereocenters. The Bertz CT molecular complexity index is 1470. The van der Waals surface area contributed by atoms with Gasteiger partial charge in [0.2, 0.25) is 0 Å². The van der Waals surface area contributed by atoms with Crippen molar-refractivity contribution in [1.29, 1.82) is 0 Å². The second-order valence-electron chi connectivity index (χ2n) is 10.9. The summed E-state index contributed by atoms with van der Waals surface area (Å²) in [6.07, 6.45) is 7.33. The fourth-order valence-corrected chi connectivity index (χ4v) is 5.64. The predicted molar refractivity (Wildman–Crippen MR) is 160 cm³/mol. The van der Waals surface area contributed by atoms with E-state index in [4.69, 9.17) is 16.2 Å². The molecule has 0 spiro atoms. The van der Waals surface area contributed by atoms with Crippen molar-refractivity contribution in [2.75, 3.05) is 52.9 Å². The third-order valence-electron chi connectivity index (χ3n) is 7.30. The number of thiazole rings is 1. The number of rotatable bonds is 9. The summed E-state index contributed by atoms with van der Waals surface area (Å²) in [7, 11) is 1.60. The molecule has 13 heteroatoms. The minimum Gasteiger partial charge on any atom is -0.481 e. The van der Waals surface area contributed by atoms with Crippen molar-refractivity contribution >= 4 is 35.1 Å². The highest BCUT2D eigenvalue weighted by Gasteiger charge is 2.36. The van der Waals surface area contributed by atoms with Crippen LogP contribution < -0.4 is 5.32 Å². The summed E-state index contributed by atoms with van der Waals surface area (Å²) >= 11 is 1.36. The van der Waals surface area contributed by atoms with E-state index >= 15 is 0 Å². The molecule has 1 fully saturated rings. The topological polar surface area (TPSA) is 128 Å². The lowest BCUT2D eigenvalue weighted by atomic mass is 9.91. The Morgan fingerprint density at radius 3 is 2.60 bits per heavy atom. The number of urea groups is 1. The van der Waals surface area contributed by atoms with Gasteiger partial charge < -0.3 is 25.0 Å². The number of carbonyl (C=O) groups excluding carboxylic acids is 2. The van der Waals surface area contributed by atoms with Crippen molar-refractivity contribution in [2.45, 2.75) is 26.8 Å². The number of hydrogen-bond donors (Lipinski definition) is 2. The highest BCUT2D eigenvalue weighted by molar-refractivity contribution is 7.11. The van der Waals surface area contributed by atoms with Gasteiger partial charge in [0.25, 0.3) is 0 Å². The molecular weight excluding hydrogens is 575 g/mol. The lowest BCUT2D eigenvalue weighted by molar-refractivity contribution is -0.147. The molecule has 2 aliphatic heterocycles. The summed E-state index contributed by atoms with van der Waals surface area (Å²) in [5, 5.41) is 15.1. The van der Waals surface area contributed by atoms with Crippen molar-refractivity contribution < 1.29 is 28.6 Å². The number of piperazine rings is 1. The van der Waals surface area contributed by atoms with E-state index in [1.54, 1.807) is 50.4 Å². The molecule has 2 amide bonds. The Hall–Kier alpha value is -4.28. The zero-order valence-electron chi connectivity index (χ0n) is 24.6. The van der Waals surface area contributed by atoms with Crippen LogP contribution in [-0.4, -0.2) is 102 Å². The molecule has 1 aromatic carbocycles. The fraction of sp³-hybridized carbons (Fsp3) is 0.433. The molecule has 4 rings (SSSR count). The molecule has 0 aliphatic carbocycles. The third kappa shape index (κ3) is 7.03. The predicted octanol–water partition coefficient (Wildman–Crippen LogP) is 2.95. The summed E-state index contributed by atoms with van der Waals surface area (Å²) in [4.78, 5) is 52.4. The maximum absolute atomic E-state index is 14.8. The molecule has 2 aromatic rings. The van der Waals surface area contributed by atoms with Gasteiger partial charge in [-0.2, -0.15) is 0 Å². The number of hydrogen-bond acceptors (Lipinski definition) is 9. The van der Waals surface area contributed by atoms with Crippen molar-refractivity contribution in [1.82, 2.24) is 25.0 Å². The average Bonchev–Trinajstić information content (AvgIpc) is 3.52. The number of nitrogens with zero attached hydrogens (tertiary/aromatic N) is 5. The van der Waals surface area contributed by atoms with Crippen molar-refractivity contribution in [3.05, 3.63) is 63.0 Å². The SMILES string of the molecule is C#Cc1c(F)cccc1C1N=C(c2nccs2)NC(CN2CCN(C(=O)N(C)CC(C)(C)C(=O)O)CC2)=C1C(=O)OCC. The van der Waals surface area contributed by atoms with Gasteiger partial charge in [0, 0.05) is 63.6 Å². The van der Waals surface area contributed by atoms with Gasteiger partial charge in [-0.05, 0) is 32.4 Å². The molecule has 1 unspecified atom stereocenters. The number of carboxylic acids is 1. The summed E-state index contributed by atoms with van der Waals surface area (Å²) < 4.78 is 20.2. The first-order valence-electron chi connectivity index (χ1n) is 13.8. The highest BCUT2D eigenvalue weighted by Crippen LogP contribution is 2.35. The smallest absolute Gasteiger partial charge is 0.338 e. The summed E-state index contributed by atoms with van der Waals surface area (Å²) in [5.41, 5.74) is 0.0408. The number of amides is 2. The van der Waals surface area contributed by atoms with Gasteiger partial charge in [-0.15, -0.1) is 17.8 Å². The minimum atomic E-state index is -1.08. The van der Waals surface area contributed by atoms with E-state index in [0.29, 0.717) is 54.8 Å². The summed E-state index contributed by atoms with van der Waals surface area (Å²) in [6.45, 7) is 7.14. The van der Waals surface area contributed by atoms with Crippen LogP contribution in [0.5, 0.6) is 0 Å². The number of carboxylic acid groups (broad SMARTS) is 1. The van der Waals surface area contributed by atoms with Crippen molar-refractivity contribution in [3.63, 3.8) is 0 Å². The summed E-state index contributed by atoms with van der Waals surface area (Å²) in [5.74, 6) is 0.664. The van der Waals surface area contributed by atoms with E-state index < -0.39 is 29.2 Å². The maximum Gasteiger partial charge on any atom is 0.338 e. The molecule has 0 radical (unpaired) electrons. The van der Waals surface area contributed by atoms with Gasteiger partial charge in [0.1, 0.15) is 11.9 Å². The number of nitrogens with one attached hydrogen (secondary N) is 1. The minimum absolute atomic E-state index is 0.0140. The quantitative estimate of drug-likeness (QED) is 0.328. The standard InChI is InChI=1S/C30H35FN6O5S/c1-6-19-20(9-8-10-21(19)31)24-23(27(38)42-7-2)22(33-25(34-24)26-32-11-16-43-26)17-36-12-14-37(15-13-36)29(41)35(5)18-30(3,4)28(39)40/h1,8-11,16,24H,7,12-15,17-18H2,2-5H3,(H,33,34)(H,39,40). The molecule has 43 heavy (non-hydrogen) atoms. The van der Waals surface area contributed by atoms with Crippen molar-refractivity contribution in [2.24, 2.45) is 10.4 Å². The van der Waals surface area contributed by atoms with Crippen LogP contribution in [0.25, 0.3) is 0 Å². The largest absolute Gasteiger partial charge is 0.481 e. The number of amidine groups is 1. The van der Waals surface area contributed by atoms with E-state index in [2.05, 4.69) is 21.1 Å². The van der Waals surface area contributed by atoms with E-state index in [1.165, 1.54) is 28.4 Å². The molecule has 2 aliphatic rings. The Kier molecular flexibility index (Phi) is 9.83. The Morgan fingerprint density at radius 2 is 2.00 bits per heavy atom. The van der Waals surface area contributed by atoms with Gasteiger partial charge in [0.15, 0.2) is 10.8 Å². The highest BCUT2D eigenvalue weighted by atomic mass is 32.1. The van der Waals surface area contributed by atoms with Crippen LogP contribution in [0.1, 0.15) is 42.9 Å². The first-order valence-corrected chi connectivity index (χ1v) is 14.7. The average molecular weight is 611 g/mol. The van der Waals surface area contributed by atoms with Crippen LogP contribution in [-0.2, 0) is 14.3 Å². The Morgan fingerprint density at radius 1 is 1.28 bits per heavy atom. The van der Waals surface area contributed by atoms with Crippen LogP contribution in [0, 0.1) is 23.6 Å². The van der Waals surface area contributed by atoms with E-state index in [1.807, 2.05) is 0 Å². The normalized spacial score (nSPS) is 17.5. The fourth-order valence-electron chi connectivity index (χ4n) is 5.06. The number of ether oxygens (including phenoxy) is 1. The van der Waals surface area contributed by atoms with Gasteiger partial charge >= 0.3 is 18.0 Å². The van der Waals surface area contributed by atoms with E-state index in [0.717, 1.165) is 0 Å². The van der Waals surface area contributed by atoms with Gasteiger partial charge in [0.05, 0.1) is 23.2 Å². The zero-order chi connectivity index (χ0) is 31.3. The molecule has 0 saturated carbocycles. The molecular formula is C30H35FN6O5S. The molecule has 0 bridgehead atoms. The van der Waals surface area contributed by atoms with Gasteiger partial charge in [-0.3, -0.25) is 14.7 Å². The number of benzene rings is 1. The van der Waals surface area contributed by atoms with E-state index in [9.17, 15) is 23.9 Å². The molecule has 1 aromatic heterocycles. The number of aromatic nitrogens is 1. The number of terminal acetylenes is 1. The van der Waals surface area contributed by atoms with Crippen LogP contribution in [0.3, 0.4) is 0 Å². The number of esters is 1. The Balaban J connectivity index is 1.61. The second kappa shape index (κ2) is 13.4. The lowest BCUT2D eigenvalue weighted by Gasteiger charge is -2.38. The molecule has 228 valence electrons. The monoisotopic (exact) mass is 610 g/mol. The first kappa shape index (κ1) is 31.7. The molecule has 2 N–H and O–H groups in total. The van der Waals surface area contributed by atoms with E-state index in [-0.39, 0.29) is 30.3 Å². The third-order valence-corrected chi connectivity index (χ3v) is 8.08.